The van der Waals surface area contributed by atoms with Crippen LogP contribution in [0.25, 0.3) is 0 Å². The number of nitrogens with one attached hydrogen (secondary N) is 1. The number of halogens is 1. The molecule has 1 aromatic carbocycles. The van der Waals surface area contributed by atoms with Gasteiger partial charge < -0.3 is 10.2 Å². The van der Waals surface area contributed by atoms with Crippen LogP contribution >= 0.6 is 11.6 Å². The zero-order chi connectivity index (χ0) is 13.1. The van der Waals surface area contributed by atoms with Gasteiger partial charge in [0.25, 0.3) is 0 Å². The van der Waals surface area contributed by atoms with Crippen LogP contribution in [0.4, 0.5) is 0 Å². The number of rotatable bonds is 2. The summed E-state index contributed by atoms with van der Waals surface area (Å²) in [6.07, 6.45) is 0.986. The topological polar surface area (TPSA) is 32.3 Å². The molecule has 1 fully saturated rings. The van der Waals surface area contributed by atoms with E-state index >= 15 is 0 Å². The van der Waals surface area contributed by atoms with Crippen molar-refractivity contribution in [2.45, 2.75) is 32.9 Å². The van der Waals surface area contributed by atoms with Gasteiger partial charge in [-0.2, -0.15) is 0 Å². The van der Waals surface area contributed by atoms with Gasteiger partial charge in [-0.15, -0.1) is 0 Å². The number of carbonyl (C=O) groups excluding carboxylic acids is 1. The molecule has 1 N–H and O–H groups in total. The van der Waals surface area contributed by atoms with Crippen molar-refractivity contribution < 1.29 is 4.79 Å². The third-order valence-corrected chi connectivity index (χ3v) is 3.66. The number of nitrogens with zero attached hydrogens (tertiary/aromatic N) is 1. The Hall–Kier alpha value is -1.06. The molecule has 1 amide bonds. The van der Waals surface area contributed by atoms with Crippen LogP contribution in [0.2, 0.25) is 5.02 Å². The minimum absolute atomic E-state index is 0.100. The zero-order valence-corrected chi connectivity index (χ0v) is 11.6. The molecule has 1 atom stereocenters. The molecule has 3 nitrogen and oxygen atoms in total. The smallest absolute Gasteiger partial charge is 0.239 e. The van der Waals surface area contributed by atoms with Gasteiger partial charge >= 0.3 is 0 Å². The lowest BCUT2D eigenvalue weighted by atomic mass is 10.1. The van der Waals surface area contributed by atoms with Crippen LogP contribution in [0.15, 0.2) is 18.2 Å². The molecule has 0 radical (unpaired) electrons. The van der Waals surface area contributed by atoms with Crippen molar-refractivity contribution >= 4 is 17.5 Å². The Morgan fingerprint density at radius 2 is 2.28 bits per heavy atom. The molecule has 1 heterocycles. The van der Waals surface area contributed by atoms with E-state index < -0.39 is 0 Å². The van der Waals surface area contributed by atoms with Gasteiger partial charge in [-0.3, -0.25) is 4.79 Å². The molecule has 1 aromatic rings. The fourth-order valence-electron chi connectivity index (χ4n) is 2.20. The molecule has 0 aliphatic carbocycles. The van der Waals surface area contributed by atoms with E-state index in [1.807, 2.05) is 36.9 Å². The van der Waals surface area contributed by atoms with E-state index in [0.717, 1.165) is 35.7 Å². The number of carbonyl (C=O) groups is 1. The zero-order valence-electron chi connectivity index (χ0n) is 10.9. The summed E-state index contributed by atoms with van der Waals surface area (Å²) >= 11 is 6.22. The van der Waals surface area contributed by atoms with Gasteiger partial charge in [0, 0.05) is 18.1 Å². The molecule has 0 bridgehead atoms. The lowest BCUT2D eigenvalue weighted by molar-refractivity contribution is -0.132. The molecule has 1 aliphatic rings. The summed E-state index contributed by atoms with van der Waals surface area (Å²) in [5.41, 5.74) is 2.16. The van der Waals surface area contributed by atoms with E-state index in [4.69, 9.17) is 11.6 Å². The second kappa shape index (κ2) is 5.72. The van der Waals surface area contributed by atoms with Crippen molar-refractivity contribution in [1.82, 2.24) is 10.2 Å². The Balaban J connectivity index is 2.14. The maximum atomic E-state index is 12.1. The molecule has 0 aromatic heterocycles. The predicted molar refractivity (Wildman–Crippen MR) is 73.7 cm³/mol. The average molecular weight is 267 g/mol. The molecule has 0 spiro atoms. The minimum Gasteiger partial charge on any atom is -0.337 e. The summed E-state index contributed by atoms with van der Waals surface area (Å²) in [5.74, 6) is 0.157. The van der Waals surface area contributed by atoms with E-state index in [1.54, 1.807) is 0 Å². The molecular weight excluding hydrogens is 248 g/mol. The molecule has 1 unspecified atom stereocenters. The van der Waals surface area contributed by atoms with Crippen molar-refractivity contribution in [2.24, 2.45) is 0 Å². The Kier molecular flexibility index (Phi) is 4.25. The first-order valence-electron chi connectivity index (χ1n) is 6.35. The normalized spacial score (nSPS) is 20.9. The van der Waals surface area contributed by atoms with Crippen molar-refractivity contribution in [2.75, 3.05) is 13.1 Å². The van der Waals surface area contributed by atoms with Gasteiger partial charge in [0.05, 0.1) is 6.04 Å². The molecular formula is C14H19ClN2O. The molecule has 1 saturated heterocycles. The van der Waals surface area contributed by atoms with Crippen molar-refractivity contribution in [3.8, 4) is 0 Å². The monoisotopic (exact) mass is 266 g/mol. The minimum atomic E-state index is -0.100. The van der Waals surface area contributed by atoms with Crippen molar-refractivity contribution in [1.29, 1.82) is 0 Å². The van der Waals surface area contributed by atoms with Crippen molar-refractivity contribution in [3.63, 3.8) is 0 Å². The number of amides is 1. The van der Waals surface area contributed by atoms with Crippen LogP contribution in [-0.4, -0.2) is 29.9 Å². The summed E-state index contributed by atoms with van der Waals surface area (Å²) in [4.78, 5) is 14.0. The van der Waals surface area contributed by atoms with E-state index in [9.17, 15) is 4.79 Å². The van der Waals surface area contributed by atoms with Gasteiger partial charge in [-0.1, -0.05) is 23.7 Å². The highest BCUT2D eigenvalue weighted by Gasteiger charge is 2.23. The fourth-order valence-corrected chi connectivity index (χ4v) is 2.50. The van der Waals surface area contributed by atoms with Crippen LogP contribution in [0.3, 0.4) is 0 Å². The van der Waals surface area contributed by atoms with Gasteiger partial charge in [-0.25, -0.2) is 0 Å². The highest BCUT2D eigenvalue weighted by Crippen LogP contribution is 2.20. The Morgan fingerprint density at radius 1 is 1.50 bits per heavy atom. The largest absolute Gasteiger partial charge is 0.337 e. The number of aryl methyl sites for hydroxylation is 1. The van der Waals surface area contributed by atoms with Crippen LogP contribution in [0, 0.1) is 6.92 Å². The number of hydrogen-bond donors (Lipinski definition) is 1. The maximum absolute atomic E-state index is 12.1. The van der Waals surface area contributed by atoms with E-state index in [-0.39, 0.29) is 11.9 Å². The summed E-state index contributed by atoms with van der Waals surface area (Å²) < 4.78 is 0. The van der Waals surface area contributed by atoms with Crippen LogP contribution in [0.5, 0.6) is 0 Å². The molecule has 2 rings (SSSR count). The third-order valence-electron chi connectivity index (χ3n) is 3.31. The summed E-state index contributed by atoms with van der Waals surface area (Å²) in [7, 11) is 0. The van der Waals surface area contributed by atoms with Gasteiger partial charge in [0.15, 0.2) is 0 Å². The maximum Gasteiger partial charge on any atom is 0.239 e. The summed E-state index contributed by atoms with van der Waals surface area (Å²) in [6.45, 7) is 6.21. The summed E-state index contributed by atoms with van der Waals surface area (Å²) in [5, 5.41) is 3.95. The second-order valence-electron chi connectivity index (χ2n) is 4.88. The fraction of sp³-hybridized carbons (Fsp3) is 0.500. The molecule has 1 aliphatic heterocycles. The highest BCUT2D eigenvalue weighted by atomic mass is 35.5. The number of benzene rings is 1. The molecule has 4 heteroatoms. The van der Waals surface area contributed by atoms with Gasteiger partial charge in [0.2, 0.25) is 5.91 Å². The molecule has 18 heavy (non-hydrogen) atoms. The lowest BCUT2D eigenvalue weighted by Gasteiger charge is -2.23. The van der Waals surface area contributed by atoms with Gasteiger partial charge in [0.1, 0.15) is 0 Å². The van der Waals surface area contributed by atoms with Crippen LogP contribution < -0.4 is 5.32 Å². The molecule has 98 valence electrons. The predicted octanol–water partition coefficient (Wildman–Crippen LogP) is 2.36. The third kappa shape index (κ3) is 3.03. The van der Waals surface area contributed by atoms with Gasteiger partial charge in [-0.05, 0) is 44.0 Å². The first kappa shape index (κ1) is 13.4. The Bertz CT molecular complexity index is 447. The summed E-state index contributed by atoms with van der Waals surface area (Å²) in [6, 6.07) is 5.89. The average Bonchev–Trinajstić information content (AvgIpc) is 2.48. The van der Waals surface area contributed by atoms with E-state index in [0.29, 0.717) is 6.54 Å². The highest BCUT2D eigenvalue weighted by molar-refractivity contribution is 6.31. The quantitative estimate of drug-likeness (QED) is 0.891. The second-order valence-corrected chi connectivity index (χ2v) is 5.29. The van der Waals surface area contributed by atoms with Crippen molar-refractivity contribution in [3.05, 3.63) is 34.3 Å². The van der Waals surface area contributed by atoms with Crippen LogP contribution in [-0.2, 0) is 11.3 Å². The lowest BCUT2D eigenvalue weighted by Crippen LogP contribution is -2.41. The van der Waals surface area contributed by atoms with Crippen LogP contribution in [0.1, 0.15) is 24.5 Å². The Morgan fingerprint density at radius 3 is 3.00 bits per heavy atom. The van der Waals surface area contributed by atoms with E-state index in [2.05, 4.69) is 5.32 Å². The first-order chi connectivity index (χ1) is 8.58. The first-order valence-corrected chi connectivity index (χ1v) is 6.73. The van der Waals surface area contributed by atoms with E-state index in [1.165, 1.54) is 0 Å². The number of hydrogen-bond acceptors (Lipinski definition) is 2. The standard InChI is InChI=1S/C14H19ClN2O/c1-10-4-5-12(13(15)8-10)9-17-7-3-6-16-11(2)14(17)18/h4-5,8,11,16H,3,6-7,9H2,1-2H3. The SMILES string of the molecule is Cc1ccc(CN2CCCNC(C)C2=O)c(Cl)c1. The Labute approximate surface area is 113 Å². The molecule has 0 saturated carbocycles.